The third-order valence-corrected chi connectivity index (χ3v) is 4.65. The highest BCUT2D eigenvalue weighted by atomic mass is 32.1. The minimum absolute atomic E-state index is 0.110. The van der Waals surface area contributed by atoms with Crippen molar-refractivity contribution in [3.8, 4) is 0 Å². The zero-order valence-corrected chi connectivity index (χ0v) is 12.7. The standard InChI is InChI=1S/C14H14N4O2S/c1-7-13(21-9(3)15-7)8(2)18-12-10(14(19)20)5-4-6-11(12)16-17-18/h4-6,8H,1-3H3,(H,19,20). The summed E-state index contributed by atoms with van der Waals surface area (Å²) in [4.78, 5) is 16.9. The number of thiazole rings is 1. The van der Waals surface area contributed by atoms with Crippen molar-refractivity contribution < 1.29 is 9.90 Å². The number of aryl methyl sites for hydroxylation is 2. The monoisotopic (exact) mass is 302 g/mol. The predicted molar refractivity (Wildman–Crippen MR) is 79.9 cm³/mol. The summed E-state index contributed by atoms with van der Waals surface area (Å²) in [5.74, 6) is -0.978. The second-order valence-electron chi connectivity index (χ2n) is 4.87. The van der Waals surface area contributed by atoms with E-state index in [1.54, 1.807) is 34.2 Å². The van der Waals surface area contributed by atoms with E-state index >= 15 is 0 Å². The third kappa shape index (κ3) is 2.19. The zero-order valence-electron chi connectivity index (χ0n) is 11.9. The lowest BCUT2D eigenvalue weighted by atomic mass is 10.1. The largest absolute Gasteiger partial charge is 0.478 e. The Balaban J connectivity index is 2.21. The molecular weight excluding hydrogens is 288 g/mol. The molecule has 108 valence electrons. The van der Waals surface area contributed by atoms with Crippen molar-refractivity contribution >= 4 is 28.3 Å². The van der Waals surface area contributed by atoms with E-state index in [1.807, 2.05) is 20.8 Å². The Morgan fingerprint density at radius 2 is 2.14 bits per heavy atom. The Morgan fingerprint density at radius 3 is 2.76 bits per heavy atom. The normalized spacial score (nSPS) is 12.7. The van der Waals surface area contributed by atoms with Gasteiger partial charge in [-0.15, -0.1) is 16.4 Å². The molecule has 1 aromatic carbocycles. The van der Waals surface area contributed by atoms with Crippen LogP contribution in [0.25, 0.3) is 11.0 Å². The number of carbonyl (C=O) groups is 1. The van der Waals surface area contributed by atoms with Crippen molar-refractivity contribution in [1.29, 1.82) is 0 Å². The van der Waals surface area contributed by atoms with E-state index in [4.69, 9.17) is 0 Å². The van der Waals surface area contributed by atoms with Gasteiger partial charge in [-0.05, 0) is 32.9 Å². The molecule has 6 nitrogen and oxygen atoms in total. The molecule has 3 rings (SSSR count). The molecule has 1 unspecified atom stereocenters. The molecule has 0 amide bonds. The average molecular weight is 302 g/mol. The van der Waals surface area contributed by atoms with Crippen molar-refractivity contribution in [2.24, 2.45) is 0 Å². The van der Waals surface area contributed by atoms with Gasteiger partial charge in [0.05, 0.1) is 27.2 Å². The number of carboxylic acid groups (broad SMARTS) is 1. The summed E-state index contributed by atoms with van der Waals surface area (Å²) in [6, 6.07) is 4.91. The maximum Gasteiger partial charge on any atom is 0.337 e. The third-order valence-electron chi connectivity index (χ3n) is 3.41. The highest BCUT2D eigenvalue weighted by Gasteiger charge is 2.21. The highest BCUT2D eigenvalue weighted by Crippen LogP contribution is 2.30. The van der Waals surface area contributed by atoms with Crippen molar-refractivity contribution in [3.05, 3.63) is 39.3 Å². The zero-order chi connectivity index (χ0) is 15.1. The number of aromatic carboxylic acids is 1. The molecule has 0 saturated heterocycles. The first-order valence-electron chi connectivity index (χ1n) is 6.50. The lowest BCUT2D eigenvalue weighted by molar-refractivity contribution is 0.0698. The lowest BCUT2D eigenvalue weighted by Gasteiger charge is -2.12. The van der Waals surface area contributed by atoms with E-state index < -0.39 is 5.97 Å². The van der Waals surface area contributed by atoms with Crippen LogP contribution in [0.15, 0.2) is 18.2 Å². The number of aromatic nitrogens is 4. The van der Waals surface area contributed by atoms with Crippen LogP contribution < -0.4 is 0 Å². The van der Waals surface area contributed by atoms with Gasteiger partial charge in [0.1, 0.15) is 11.0 Å². The number of rotatable bonds is 3. The molecule has 0 bridgehead atoms. The highest BCUT2D eigenvalue weighted by molar-refractivity contribution is 7.11. The molecule has 0 aliphatic rings. The predicted octanol–water partition coefficient (Wildman–Crippen LogP) is 2.81. The molecule has 7 heteroatoms. The summed E-state index contributed by atoms with van der Waals surface area (Å²) in [5, 5.41) is 18.6. The van der Waals surface area contributed by atoms with Crippen LogP contribution in [-0.4, -0.2) is 31.1 Å². The number of nitrogens with zero attached hydrogens (tertiary/aromatic N) is 4. The second-order valence-corrected chi connectivity index (χ2v) is 6.11. The maximum atomic E-state index is 11.4. The van der Waals surface area contributed by atoms with Gasteiger partial charge in [0.15, 0.2) is 0 Å². The van der Waals surface area contributed by atoms with E-state index in [9.17, 15) is 9.90 Å². The number of hydrogen-bond donors (Lipinski definition) is 1. The first kappa shape index (κ1) is 13.7. The molecule has 0 aliphatic carbocycles. The van der Waals surface area contributed by atoms with Crippen LogP contribution in [0.4, 0.5) is 0 Å². The van der Waals surface area contributed by atoms with Gasteiger partial charge in [-0.2, -0.15) is 0 Å². The van der Waals surface area contributed by atoms with Crippen LogP contribution in [0, 0.1) is 13.8 Å². The van der Waals surface area contributed by atoms with Crippen LogP contribution >= 0.6 is 11.3 Å². The Bertz CT molecular complexity index is 837. The first-order valence-corrected chi connectivity index (χ1v) is 7.32. The molecule has 3 aromatic rings. The molecule has 2 aromatic heterocycles. The minimum atomic E-state index is -0.978. The lowest BCUT2D eigenvalue weighted by Crippen LogP contribution is -2.11. The molecule has 21 heavy (non-hydrogen) atoms. The smallest absolute Gasteiger partial charge is 0.337 e. The fourth-order valence-corrected chi connectivity index (χ4v) is 3.45. The van der Waals surface area contributed by atoms with E-state index in [0.29, 0.717) is 11.0 Å². The number of fused-ring (bicyclic) bond motifs is 1. The van der Waals surface area contributed by atoms with Gasteiger partial charge in [-0.25, -0.2) is 14.5 Å². The topological polar surface area (TPSA) is 80.9 Å². The van der Waals surface area contributed by atoms with Crippen molar-refractivity contribution in [1.82, 2.24) is 20.0 Å². The number of benzene rings is 1. The van der Waals surface area contributed by atoms with Crippen molar-refractivity contribution in [2.45, 2.75) is 26.8 Å². The van der Waals surface area contributed by atoms with Gasteiger partial charge in [0, 0.05) is 0 Å². The van der Waals surface area contributed by atoms with Gasteiger partial charge in [-0.1, -0.05) is 11.3 Å². The Labute approximate surface area is 125 Å². The van der Waals surface area contributed by atoms with Crippen LogP contribution in [0.3, 0.4) is 0 Å². The summed E-state index contributed by atoms with van der Waals surface area (Å²) in [5.41, 5.74) is 2.29. The summed E-state index contributed by atoms with van der Waals surface area (Å²) in [6.07, 6.45) is 0. The van der Waals surface area contributed by atoms with Gasteiger partial charge in [0.25, 0.3) is 0 Å². The molecule has 0 radical (unpaired) electrons. The van der Waals surface area contributed by atoms with Crippen molar-refractivity contribution in [2.75, 3.05) is 0 Å². The average Bonchev–Trinajstić information content (AvgIpc) is 3.00. The molecule has 0 aliphatic heterocycles. The summed E-state index contributed by atoms with van der Waals surface area (Å²) < 4.78 is 1.67. The fourth-order valence-electron chi connectivity index (χ4n) is 2.48. The number of para-hydroxylation sites is 1. The quantitative estimate of drug-likeness (QED) is 0.804. The SMILES string of the molecule is Cc1nc(C)c(C(C)n2nnc3cccc(C(=O)O)c32)s1. The van der Waals surface area contributed by atoms with E-state index in [-0.39, 0.29) is 11.6 Å². The van der Waals surface area contributed by atoms with Crippen LogP contribution in [-0.2, 0) is 0 Å². The molecule has 1 atom stereocenters. The van der Waals surface area contributed by atoms with Gasteiger partial charge < -0.3 is 5.11 Å². The summed E-state index contributed by atoms with van der Waals surface area (Å²) >= 11 is 1.60. The van der Waals surface area contributed by atoms with E-state index in [0.717, 1.165) is 15.6 Å². The Hall–Kier alpha value is -2.28. The second kappa shape index (κ2) is 4.92. The Kier molecular flexibility index (Phi) is 3.21. The van der Waals surface area contributed by atoms with Gasteiger partial charge >= 0.3 is 5.97 Å². The molecule has 2 heterocycles. The number of carboxylic acids is 1. The van der Waals surface area contributed by atoms with Gasteiger partial charge in [-0.3, -0.25) is 0 Å². The van der Waals surface area contributed by atoms with Crippen LogP contribution in [0.2, 0.25) is 0 Å². The molecule has 0 spiro atoms. The number of hydrogen-bond acceptors (Lipinski definition) is 5. The summed E-state index contributed by atoms with van der Waals surface area (Å²) in [6.45, 7) is 5.88. The maximum absolute atomic E-state index is 11.4. The Morgan fingerprint density at radius 1 is 1.38 bits per heavy atom. The van der Waals surface area contributed by atoms with Gasteiger partial charge in [0.2, 0.25) is 0 Å². The fraction of sp³-hybridized carbons (Fsp3) is 0.286. The first-order chi connectivity index (χ1) is 9.99. The molecular formula is C14H14N4O2S. The van der Waals surface area contributed by atoms with Crippen molar-refractivity contribution in [3.63, 3.8) is 0 Å². The van der Waals surface area contributed by atoms with Crippen LogP contribution in [0.1, 0.15) is 38.9 Å². The molecule has 0 fully saturated rings. The minimum Gasteiger partial charge on any atom is -0.478 e. The molecule has 1 N–H and O–H groups in total. The molecule has 0 saturated carbocycles. The van der Waals surface area contributed by atoms with E-state index in [2.05, 4.69) is 15.3 Å². The van der Waals surface area contributed by atoms with Crippen LogP contribution in [0.5, 0.6) is 0 Å². The van der Waals surface area contributed by atoms with E-state index in [1.165, 1.54) is 0 Å². The summed E-state index contributed by atoms with van der Waals surface area (Å²) in [7, 11) is 0.